The molecular formula is C22H19N2O6P2+. The molecule has 2 aromatic heterocycles. The number of fused-ring (bicyclic) bond motifs is 3. The van der Waals surface area contributed by atoms with Crippen molar-refractivity contribution >= 4 is 43.0 Å². The van der Waals surface area contributed by atoms with E-state index in [9.17, 15) is 9.13 Å². The molecule has 0 bridgehead atoms. The van der Waals surface area contributed by atoms with Crippen molar-refractivity contribution in [3.05, 3.63) is 72.1 Å². The summed E-state index contributed by atoms with van der Waals surface area (Å²) in [4.78, 5) is 17.9. The lowest BCUT2D eigenvalue weighted by molar-refractivity contribution is 0.0875. The van der Waals surface area contributed by atoms with Gasteiger partial charge in [0.1, 0.15) is 5.52 Å². The lowest BCUT2D eigenvalue weighted by Crippen LogP contribution is -2.20. The third-order valence-electron chi connectivity index (χ3n) is 5.32. The summed E-state index contributed by atoms with van der Waals surface area (Å²) in [5.41, 5.74) is 3.12. The average Bonchev–Trinajstić information content (AvgIpc) is 2.78. The van der Waals surface area contributed by atoms with Gasteiger partial charge in [0.15, 0.2) is 0 Å². The maximum absolute atomic E-state index is 13.6. The molecule has 162 valence electrons. The van der Waals surface area contributed by atoms with Crippen LogP contribution < -0.4 is 9.83 Å². The molecule has 1 N–H and O–H groups in total. The molecule has 3 unspecified atom stereocenters. The molecule has 1 fully saturated rings. The lowest BCUT2D eigenvalue weighted by atomic mass is 10.0. The lowest BCUT2D eigenvalue weighted by Gasteiger charge is -2.30. The molecule has 4 aromatic rings. The molecule has 0 radical (unpaired) electrons. The molecule has 32 heavy (non-hydrogen) atoms. The highest BCUT2D eigenvalue weighted by Crippen LogP contribution is 2.55. The van der Waals surface area contributed by atoms with E-state index in [-0.39, 0.29) is 11.9 Å². The van der Waals surface area contributed by atoms with Crippen molar-refractivity contribution in [1.82, 2.24) is 9.97 Å². The molecule has 1 saturated heterocycles. The van der Waals surface area contributed by atoms with Crippen LogP contribution in [0.3, 0.4) is 0 Å². The summed E-state index contributed by atoms with van der Waals surface area (Å²) in [6.07, 6.45) is 3.23. The zero-order chi connectivity index (χ0) is 22.3. The minimum absolute atomic E-state index is 0.235. The summed E-state index contributed by atoms with van der Waals surface area (Å²) in [5, 5.41) is 1.61. The molecule has 2 aromatic carbocycles. The quantitative estimate of drug-likeness (QED) is 0.324. The third kappa shape index (κ3) is 3.92. The van der Waals surface area contributed by atoms with Crippen molar-refractivity contribution < 1.29 is 27.6 Å². The number of aryl methyl sites for hydroxylation is 1. The normalized spacial score (nSPS) is 21.6. The summed E-state index contributed by atoms with van der Waals surface area (Å²) in [5.74, 6) is 0.235. The largest absolute Gasteiger partial charge is 0.747 e. The summed E-state index contributed by atoms with van der Waals surface area (Å²) < 4.78 is 41.3. The van der Waals surface area contributed by atoms with Gasteiger partial charge in [-0.25, -0.2) is 4.52 Å². The van der Waals surface area contributed by atoms with Gasteiger partial charge in [-0.1, -0.05) is 35.9 Å². The second-order valence-corrected chi connectivity index (χ2v) is 10.1. The Morgan fingerprint density at radius 2 is 2.03 bits per heavy atom. The molecule has 5 rings (SSSR count). The number of hydrogen-bond donors (Lipinski definition) is 1. The predicted octanol–water partition coefficient (Wildman–Crippen LogP) is 5.12. The average molecular weight is 469 g/mol. The molecule has 10 heteroatoms. The minimum Gasteiger partial charge on any atom is -0.305 e. The van der Waals surface area contributed by atoms with Crippen molar-refractivity contribution in [1.29, 1.82) is 0 Å². The first-order valence-corrected chi connectivity index (χ1v) is 12.6. The molecule has 0 amide bonds. The summed E-state index contributed by atoms with van der Waals surface area (Å²) in [6, 6.07) is 14.7. The summed E-state index contributed by atoms with van der Waals surface area (Å²) in [6.45, 7) is 2.32. The number of benzene rings is 2. The molecule has 8 nitrogen and oxygen atoms in total. The van der Waals surface area contributed by atoms with Crippen LogP contribution in [-0.2, 0) is 18.2 Å². The molecule has 3 atom stereocenters. The highest BCUT2D eigenvalue weighted by Gasteiger charge is 2.37. The van der Waals surface area contributed by atoms with E-state index >= 15 is 0 Å². The second-order valence-electron chi connectivity index (χ2n) is 7.49. The van der Waals surface area contributed by atoms with Crippen molar-refractivity contribution in [3.63, 3.8) is 0 Å². The highest BCUT2D eigenvalue weighted by molar-refractivity contribution is 7.62. The highest BCUT2D eigenvalue weighted by atomic mass is 31.2. The van der Waals surface area contributed by atoms with Crippen molar-refractivity contribution in [2.24, 2.45) is 0 Å². The zero-order valence-electron chi connectivity index (χ0n) is 17.0. The van der Waals surface area contributed by atoms with Gasteiger partial charge in [0.25, 0.3) is 0 Å². The fourth-order valence-corrected chi connectivity index (χ4v) is 5.91. The van der Waals surface area contributed by atoms with Crippen LogP contribution in [0, 0.1) is 6.92 Å². The minimum atomic E-state index is -3.58. The Morgan fingerprint density at radius 1 is 1.16 bits per heavy atom. The Morgan fingerprint density at radius 3 is 2.84 bits per heavy atom. The van der Waals surface area contributed by atoms with Gasteiger partial charge in [0.05, 0.1) is 28.9 Å². The van der Waals surface area contributed by atoms with Crippen LogP contribution in [0.1, 0.15) is 23.7 Å². The maximum atomic E-state index is 13.6. The van der Waals surface area contributed by atoms with Gasteiger partial charge in [-0.05, 0) is 24.6 Å². The van der Waals surface area contributed by atoms with Crippen molar-refractivity contribution in [2.75, 3.05) is 6.61 Å². The first kappa shape index (κ1) is 21.1. The number of aromatic nitrogens is 2. The Labute approximate surface area is 184 Å². The van der Waals surface area contributed by atoms with E-state index < -0.39 is 15.9 Å². The Balaban J connectivity index is 1.53. The SMILES string of the molecule is Cc1cccc(C2CCOP(=O)(c3cnc4c(ccc5c(O[P+](=O)O)ccnc54)c3)O2)c1. The zero-order valence-corrected chi connectivity index (χ0v) is 18.8. The van der Waals surface area contributed by atoms with E-state index in [4.69, 9.17) is 18.5 Å². The van der Waals surface area contributed by atoms with E-state index in [0.29, 0.717) is 40.1 Å². The van der Waals surface area contributed by atoms with Gasteiger partial charge in [0.2, 0.25) is 5.75 Å². The number of pyridine rings is 2. The van der Waals surface area contributed by atoms with Crippen LogP contribution in [0.15, 0.2) is 60.9 Å². The van der Waals surface area contributed by atoms with Crippen LogP contribution >= 0.6 is 15.9 Å². The molecule has 0 saturated carbocycles. The Kier molecular flexibility index (Phi) is 5.49. The van der Waals surface area contributed by atoms with Crippen LogP contribution in [0.4, 0.5) is 0 Å². The standard InChI is InChI=1S/C22H18N2O6P2/c1-14-3-2-4-15(11-14)19-8-10-28-32(27,30-19)17-12-16-5-6-18-20(29-31(25)26)7-9-23-22(18)21(16)24-13-17/h2-7,9,11-13,19H,8,10H2,1H3/p+1. The number of hydrogen-bond acceptors (Lipinski definition) is 7. The van der Waals surface area contributed by atoms with E-state index in [1.807, 2.05) is 31.2 Å². The molecule has 1 aliphatic rings. The van der Waals surface area contributed by atoms with Gasteiger partial charge in [0, 0.05) is 34.8 Å². The first-order valence-electron chi connectivity index (χ1n) is 9.95. The van der Waals surface area contributed by atoms with E-state index in [0.717, 1.165) is 11.1 Å². The summed E-state index contributed by atoms with van der Waals surface area (Å²) >= 11 is 0. The van der Waals surface area contributed by atoms with Gasteiger partial charge in [-0.2, -0.15) is 0 Å². The van der Waals surface area contributed by atoms with Crippen molar-refractivity contribution in [2.45, 2.75) is 19.4 Å². The monoisotopic (exact) mass is 469 g/mol. The maximum Gasteiger partial charge on any atom is 0.747 e. The molecule has 3 heterocycles. The van der Waals surface area contributed by atoms with Crippen LogP contribution in [-0.4, -0.2) is 21.5 Å². The topological polar surface area (TPSA) is 108 Å². The van der Waals surface area contributed by atoms with E-state index in [2.05, 4.69) is 9.97 Å². The van der Waals surface area contributed by atoms with Crippen molar-refractivity contribution in [3.8, 4) is 5.75 Å². The third-order valence-corrected chi connectivity index (χ3v) is 7.61. The van der Waals surface area contributed by atoms with Gasteiger partial charge >= 0.3 is 15.9 Å². The van der Waals surface area contributed by atoms with Gasteiger partial charge < -0.3 is 4.52 Å². The van der Waals surface area contributed by atoms with Gasteiger partial charge in [-0.15, -0.1) is 4.89 Å². The smallest absolute Gasteiger partial charge is 0.305 e. The predicted molar refractivity (Wildman–Crippen MR) is 120 cm³/mol. The molecule has 1 aliphatic heterocycles. The second kappa shape index (κ2) is 8.32. The fraction of sp³-hybridized carbons (Fsp3) is 0.182. The molecule has 0 aliphatic carbocycles. The van der Waals surface area contributed by atoms with Gasteiger partial charge in [-0.3, -0.25) is 19.1 Å². The number of nitrogens with zero attached hydrogens (tertiary/aromatic N) is 2. The van der Waals surface area contributed by atoms with E-state index in [1.165, 1.54) is 18.5 Å². The molecule has 0 spiro atoms. The Bertz CT molecular complexity index is 1410. The first-order chi connectivity index (χ1) is 15.4. The van der Waals surface area contributed by atoms with Crippen LogP contribution in [0.5, 0.6) is 5.75 Å². The molecular weight excluding hydrogens is 450 g/mol. The summed E-state index contributed by atoms with van der Waals surface area (Å²) in [7, 11) is -6.38. The van der Waals surface area contributed by atoms with E-state index in [1.54, 1.807) is 18.2 Å². The Hall–Kier alpha value is -2.73. The number of rotatable bonds is 4. The van der Waals surface area contributed by atoms with Crippen LogP contribution in [0.2, 0.25) is 0 Å². The van der Waals surface area contributed by atoms with Crippen LogP contribution in [0.25, 0.3) is 21.8 Å². The fourth-order valence-electron chi connectivity index (χ4n) is 3.85.